The number of amides is 1. The molecular formula is C17H20N2O4S. The number of hydrogen-bond acceptors (Lipinski definition) is 6. The first kappa shape index (κ1) is 18.1. The Morgan fingerprint density at radius 2 is 2.04 bits per heavy atom. The molecule has 1 aliphatic heterocycles. The van der Waals surface area contributed by atoms with Gasteiger partial charge in [-0.3, -0.25) is 9.79 Å². The van der Waals surface area contributed by atoms with Crippen molar-refractivity contribution in [2.75, 3.05) is 13.7 Å². The van der Waals surface area contributed by atoms with Gasteiger partial charge < -0.3 is 14.8 Å². The molecule has 0 saturated carbocycles. The first-order valence-corrected chi connectivity index (χ1v) is 8.39. The molecule has 1 heterocycles. The molecule has 7 heteroatoms. The number of para-hydroxylation sites is 1. The number of nitrogens with one attached hydrogen (secondary N) is 1. The van der Waals surface area contributed by atoms with Crippen molar-refractivity contribution in [2.45, 2.75) is 26.3 Å². The van der Waals surface area contributed by atoms with E-state index in [0.717, 1.165) is 5.56 Å². The number of aliphatic imine (C=N–C) groups is 1. The van der Waals surface area contributed by atoms with Crippen molar-refractivity contribution in [3.8, 4) is 5.75 Å². The second-order valence-corrected chi connectivity index (χ2v) is 6.10. The average Bonchev–Trinajstić information content (AvgIpc) is 2.53. The molecule has 0 fully saturated rings. The molecule has 2 rings (SSSR count). The van der Waals surface area contributed by atoms with Crippen molar-refractivity contribution in [3.05, 3.63) is 35.4 Å². The summed E-state index contributed by atoms with van der Waals surface area (Å²) in [4.78, 5) is 28.9. The summed E-state index contributed by atoms with van der Waals surface area (Å²) >= 11 is 1.29. The van der Waals surface area contributed by atoms with Crippen molar-refractivity contribution < 1.29 is 19.1 Å². The lowest BCUT2D eigenvalue weighted by molar-refractivity contribution is -0.137. The number of hydrogen-bond donors (Lipinski definition) is 1. The highest BCUT2D eigenvalue weighted by atomic mass is 32.2. The van der Waals surface area contributed by atoms with Gasteiger partial charge in [0.05, 0.1) is 25.0 Å². The Hall–Kier alpha value is -2.28. The summed E-state index contributed by atoms with van der Waals surface area (Å²) in [6.45, 7) is 5.19. The maximum Gasteiger partial charge on any atom is 0.341 e. The molecule has 0 radical (unpaired) electrons. The van der Waals surface area contributed by atoms with Crippen LogP contribution in [0.15, 0.2) is 34.8 Å². The number of carbonyl (C=O) groups is 2. The third-order valence-corrected chi connectivity index (χ3v) is 4.39. The Bertz CT molecular complexity index is 712. The summed E-state index contributed by atoms with van der Waals surface area (Å²) in [6.07, 6.45) is 0. The molecule has 24 heavy (non-hydrogen) atoms. The number of esters is 1. The van der Waals surface area contributed by atoms with E-state index in [4.69, 9.17) is 9.47 Å². The number of ether oxygens (including phenoxy) is 2. The Morgan fingerprint density at radius 3 is 2.67 bits per heavy atom. The van der Waals surface area contributed by atoms with Gasteiger partial charge in [-0.1, -0.05) is 30.0 Å². The molecule has 1 amide bonds. The van der Waals surface area contributed by atoms with Crippen LogP contribution in [0.4, 0.5) is 0 Å². The summed E-state index contributed by atoms with van der Waals surface area (Å²) in [6, 6.07) is 7.40. The lowest BCUT2D eigenvalue weighted by Gasteiger charge is -2.25. The summed E-state index contributed by atoms with van der Waals surface area (Å²) in [7, 11) is 1.57. The van der Waals surface area contributed by atoms with Crippen LogP contribution in [-0.4, -0.2) is 36.8 Å². The highest BCUT2D eigenvalue weighted by Gasteiger charge is 2.30. The minimum absolute atomic E-state index is 0.192. The van der Waals surface area contributed by atoms with Gasteiger partial charge in [-0.05, 0) is 19.9 Å². The topological polar surface area (TPSA) is 77.0 Å². The van der Waals surface area contributed by atoms with E-state index in [1.807, 2.05) is 24.3 Å². The lowest BCUT2D eigenvalue weighted by atomic mass is 10.1. The summed E-state index contributed by atoms with van der Waals surface area (Å²) in [5.41, 5.74) is 1.18. The second kappa shape index (κ2) is 8.01. The van der Waals surface area contributed by atoms with E-state index in [2.05, 4.69) is 10.3 Å². The molecule has 1 aliphatic rings. The molecule has 1 aromatic carbocycles. The van der Waals surface area contributed by atoms with E-state index in [1.165, 1.54) is 18.7 Å². The van der Waals surface area contributed by atoms with Gasteiger partial charge >= 0.3 is 5.97 Å². The Morgan fingerprint density at radius 1 is 1.33 bits per heavy atom. The molecule has 1 aromatic rings. The Balaban J connectivity index is 2.56. The van der Waals surface area contributed by atoms with Crippen molar-refractivity contribution in [2.24, 2.45) is 4.99 Å². The highest BCUT2D eigenvalue weighted by molar-refractivity contribution is 8.09. The van der Waals surface area contributed by atoms with Crippen LogP contribution in [0.1, 0.15) is 26.3 Å². The third-order valence-electron chi connectivity index (χ3n) is 3.29. The molecule has 1 N–H and O–H groups in total. The molecule has 0 bridgehead atoms. The number of thioether (sulfide) groups is 1. The smallest absolute Gasteiger partial charge is 0.341 e. The zero-order chi connectivity index (χ0) is 17.7. The minimum atomic E-state index is -0.499. The molecular weight excluding hydrogens is 328 g/mol. The molecule has 1 unspecified atom stereocenters. The molecule has 0 spiro atoms. The van der Waals surface area contributed by atoms with Gasteiger partial charge in [0.15, 0.2) is 5.50 Å². The van der Waals surface area contributed by atoms with Crippen LogP contribution in [0.2, 0.25) is 0 Å². The molecule has 0 saturated heterocycles. The Kier molecular flexibility index (Phi) is 6.03. The molecule has 128 valence electrons. The van der Waals surface area contributed by atoms with Crippen LogP contribution in [0.25, 0.3) is 4.91 Å². The number of benzene rings is 1. The lowest BCUT2D eigenvalue weighted by Crippen LogP contribution is -2.33. The fourth-order valence-electron chi connectivity index (χ4n) is 2.31. The SMILES string of the molecule is CCOC(=O)C1=C(c2ccccc2OC)SC(NC(C)=O)N=C1C. The Labute approximate surface area is 145 Å². The first-order valence-electron chi connectivity index (χ1n) is 7.51. The van der Waals surface area contributed by atoms with Gasteiger partial charge in [0.1, 0.15) is 5.75 Å². The van der Waals surface area contributed by atoms with Crippen molar-refractivity contribution >= 4 is 34.3 Å². The molecule has 1 atom stereocenters. The van der Waals surface area contributed by atoms with Crippen molar-refractivity contribution in [3.63, 3.8) is 0 Å². The zero-order valence-electron chi connectivity index (χ0n) is 14.1. The van der Waals surface area contributed by atoms with E-state index in [0.29, 0.717) is 21.9 Å². The summed E-state index contributed by atoms with van der Waals surface area (Å²) in [5, 5.41) is 2.75. The number of rotatable bonds is 5. The maximum absolute atomic E-state index is 12.4. The zero-order valence-corrected chi connectivity index (χ0v) is 14.9. The second-order valence-electron chi connectivity index (χ2n) is 5.01. The normalized spacial score (nSPS) is 17.2. The van der Waals surface area contributed by atoms with Crippen LogP contribution in [0.3, 0.4) is 0 Å². The molecule has 0 aliphatic carbocycles. The van der Waals surface area contributed by atoms with E-state index in [-0.39, 0.29) is 12.5 Å². The van der Waals surface area contributed by atoms with Crippen molar-refractivity contribution in [1.29, 1.82) is 0 Å². The van der Waals surface area contributed by atoms with E-state index < -0.39 is 11.5 Å². The van der Waals surface area contributed by atoms with E-state index >= 15 is 0 Å². The van der Waals surface area contributed by atoms with E-state index in [1.54, 1.807) is 21.0 Å². The first-order chi connectivity index (χ1) is 11.5. The van der Waals surface area contributed by atoms with Gasteiger partial charge in [-0.15, -0.1) is 0 Å². The fourth-order valence-corrected chi connectivity index (χ4v) is 3.61. The van der Waals surface area contributed by atoms with Crippen LogP contribution in [-0.2, 0) is 14.3 Å². The van der Waals surface area contributed by atoms with Gasteiger partial charge in [-0.25, -0.2) is 4.79 Å². The quantitative estimate of drug-likeness (QED) is 0.828. The van der Waals surface area contributed by atoms with Crippen molar-refractivity contribution in [1.82, 2.24) is 5.32 Å². The molecule has 0 aromatic heterocycles. The predicted octanol–water partition coefficient (Wildman–Crippen LogP) is 2.60. The van der Waals surface area contributed by atoms with Crippen LogP contribution >= 0.6 is 11.8 Å². The van der Waals surface area contributed by atoms with E-state index in [9.17, 15) is 9.59 Å². The summed E-state index contributed by atoms with van der Waals surface area (Å²) < 4.78 is 10.6. The third kappa shape index (κ3) is 3.97. The van der Waals surface area contributed by atoms with Gasteiger partial charge in [0, 0.05) is 17.4 Å². The average molecular weight is 348 g/mol. The highest BCUT2D eigenvalue weighted by Crippen LogP contribution is 2.41. The van der Waals surface area contributed by atoms with Gasteiger partial charge in [-0.2, -0.15) is 0 Å². The van der Waals surface area contributed by atoms with Crippen LogP contribution in [0, 0.1) is 0 Å². The minimum Gasteiger partial charge on any atom is -0.496 e. The number of methoxy groups -OCH3 is 1. The fraction of sp³-hybridized carbons (Fsp3) is 0.353. The predicted molar refractivity (Wildman–Crippen MR) is 94.9 cm³/mol. The number of carbonyl (C=O) groups excluding carboxylic acids is 2. The van der Waals surface area contributed by atoms with Crippen LogP contribution < -0.4 is 10.1 Å². The molecule has 6 nitrogen and oxygen atoms in total. The van der Waals surface area contributed by atoms with Crippen LogP contribution in [0.5, 0.6) is 5.75 Å². The maximum atomic E-state index is 12.4. The largest absolute Gasteiger partial charge is 0.496 e. The van der Waals surface area contributed by atoms with Gasteiger partial charge in [0.2, 0.25) is 5.91 Å². The number of nitrogens with zero attached hydrogens (tertiary/aromatic N) is 1. The summed E-state index contributed by atoms with van der Waals surface area (Å²) in [5.74, 6) is 0.00881. The standard InChI is InChI=1S/C17H20N2O4S/c1-5-23-16(21)14-10(2)18-17(19-11(3)20)24-15(14)12-8-6-7-9-13(12)22-4/h6-9,17H,5H2,1-4H3,(H,19,20). The monoisotopic (exact) mass is 348 g/mol. The van der Waals surface area contributed by atoms with Gasteiger partial charge in [0.25, 0.3) is 0 Å².